The van der Waals surface area contributed by atoms with E-state index in [2.05, 4.69) is 16.3 Å². The van der Waals surface area contributed by atoms with E-state index in [-0.39, 0.29) is 34.8 Å². The molecule has 3 rings (SSSR count). The third kappa shape index (κ3) is 4.75. The van der Waals surface area contributed by atoms with Gasteiger partial charge in [0.15, 0.2) is 0 Å². The Labute approximate surface area is 166 Å². The number of hydrogen-bond donors (Lipinski definition) is 0. The largest absolute Gasteiger partial charge is 0.411 e. The van der Waals surface area contributed by atoms with Crippen molar-refractivity contribution in [2.75, 3.05) is 17.2 Å². The number of carbonyl (C=O) groups is 1. The summed E-state index contributed by atoms with van der Waals surface area (Å²) in [7, 11) is 0. The normalized spacial score (nSPS) is 10.5. The first-order valence-electron chi connectivity index (χ1n) is 8.53. The van der Waals surface area contributed by atoms with Crippen molar-refractivity contribution in [3.05, 3.63) is 59.9 Å². The van der Waals surface area contributed by atoms with Crippen LogP contribution in [0.1, 0.15) is 12.0 Å². The number of nitrogens with zero attached hydrogens (tertiary/aromatic N) is 4. The van der Waals surface area contributed by atoms with E-state index in [1.54, 1.807) is 23.1 Å². The van der Waals surface area contributed by atoms with Crippen molar-refractivity contribution < 1.29 is 13.6 Å². The molecule has 0 radical (unpaired) electrons. The molecule has 1 amide bonds. The van der Waals surface area contributed by atoms with Crippen LogP contribution in [0.3, 0.4) is 0 Å². The van der Waals surface area contributed by atoms with E-state index in [4.69, 9.17) is 9.68 Å². The van der Waals surface area contributed by atoms with Crippen molar-refractivity contribution in [2.45, 2.75) is 18.6 Å². The smallest absolute Gasteiger partial charge is 0.277 e. The van der Waals surface area contributed by atoms with Crippen molar-refractivity contribution >= 4 is 23.4 Å². The Morgan fingerprint density at radius 2 is 1.96 bits per heavy atom. The molecule has 28 heavy (non-hydrogen) atoms. The Morgan fingerprint density at radius 1 is 1.21 bits per heavy atom. The lowest BCUT2D eigenvalue weighted by atomic mass is 10.2. The molecule has 0 atom stereocenters. The third-order valence-electron chi connectivity index (χ3n) is 3.92. The molecule has 0 saturated heterocycles. The van der Waals surface area contributed by atoms with E-state index in [0.29, 0.717) is 6.54 Å². The standard InChI is InChI=1S/C20H17FN4O2S/c1-14-7-9-15(10-8-14)25(12-4-11-22)18(26)13-28-20-24-23-19(27-20)16-5-2-3-6-17(16)21/h2-3,5-10H,4,12-13H2,1H3. The lowest BCUT2D eigenvalue weighted by Gasteiger charge is -2.21. The minimum absolute atomic E-state index is 0.0538. The second kappa shape index (κ2) is 9.15. The molecule has 3 aromatic rings. The molecule has 0 saturated carbocycles. The monoisotopic (exact) mass is 396 g/mol. The lowest BCUT2D eigenvalue weighted by Crippen LogP contribution is -2.33. The van der Waals surface area contributed by atoms with E-state index in [1.165, 1.54) is 6.07 Å². The number of nitriles is 1. The molecule has 0 bridgehead atoms. The highest BCUT2D eigenvalue weighted by Gasteiger charge is 2.18. The Morgan fingerprint density at radius 3 is 2.68 bits per heavy atom. The predicted molar refractivity (Wildman–Crippen MR) is 104 cm³/mol. The SMILES string of the molecule is Cc1ccc(N(CCC#N)C(=O)CSc2nnc(-c3ccccc3F)o2)cc1. The number of rotatable bonds is 7. The number of anilines is 1. The summed E-state index contributed by atoms with van der Waals surface area (Å²) in [5.74, 6) is -0.526. The minimum Gasteiger partial charge on any atom is -0.411 e. The highest BCUT2D eigenvalue weighted by molar-refractivity contribution is 7.99. The van der Waals surface area contributed by atoms with Crippen LogP contribution in [0.4, 0.5) is 10.1 Å². The summed E-state index contributed by atoms with van der Waals surface area (Å²) in [5.41, 5.74) is 2.02. The molecule has 0 aliphatic rings. The summed E-state index contributed by atoms with van der Waals surface area (Å²) in [6.07, 6.45) is 0.224. The van der Waals surface area contributed by atoms with Gasteiger partial charge in [0.25, 0.3) is 11.1 Å². The maximum absolute atomic E-state index is 13.8. The van der Waals surface area contributed by atoms with Gasteiger partial charge >= 0.3 is 0 Å². The third-order valence-corrected chi connectivity index (χ3v) is 4.73. The highest BCUT2D eigenvalue weighted by atomic mass is 32.2. The van der Waals surface area contributed by atoms with E-state index in [9.17, 15) is 9.18 Å². The van der Waals surface area contributed by atoms with Gasteiger partial charge in [-0.3, -0.25) is 4.79 Å². The molecule has 8 heteroatoms. The Bertz CT molecular complexity index is 998. The first-order chi connectivity index (χ1) is 13.6. The van der Waals surface area contributed by atoms with Gasteiger partial charge in [-0.25, -0.2) is 4.39 Å². The maximum Gasteiger partial charge on any atom is 0.277 e. The number of carbonyl (C=O) groups excluding carboxylic acids is 1. The van der Waals surface area contributed by atoms with Crippen molar-refractivity contribution in [1.29, 1.82) is 5.26 Å². The van der Waals surface area contributed by atoms with Gasteiger partial charge < -0.3 is 9.32 Å². The number of hydrogen-bond acceptors (Lipinski definition) is 6. The molecule has 0 fully saturated rings. The summed E-state index contributed by atoms with van der Waals surface area (Å²) in [4.78, 5) is 14.2. The molecule has 2 aromatic carbocycles. The lowest BCUT2D eigenvalue weighted by molar-refractivity contribution is -0.116. The van der Waals surface area contributed by atoms with Gasteiger partial charge in [-0.2, -0.15) is 5.26 Å². The molecule has 0 spiro atoms. The maximum atomic E-state index is 13.8. The number of aromatic nitrogens is 2. The molecular formula is C20H17FN4O2S. The van der Waals surface area contributed by atoms with Crippen LogP contribution in [0, 0.1) is 24.1 Å². The van der Waals surface area contributed by atoms with Gasteiger partial charge in [0.2, 0.25) is 5.91 Å². The molecule has 0 unspecified atom stereocenters. The van der Waals surface area contributed by atoms with E-state index in [0.717, 1.165) is 23.0 Å². The van der Waals surface area contributed by atoms with Crippen molar-refractivity contribution in [3.8, 4) is 17.5 Å². The van der Waals surface area contributed by atoms with Gasteiger partial charge in [-0.15, -0.1) is 10.2 Å². The number of halogens is 1. The van der Waals surface area contributed by atoms with E-state index < -0.39 is 5.82 Å². The zero-order valence-electron chi connectivity index (χ0n) is 15.1. The van der Waals surface area contributed by atoms with Crippen LogP contribution in [0.25, 0.3) is 11.5 Å². The number of amides is 1. The fourth-order valence-corrected chi connectivity index (χ4v) is 3.14. The first-order valence-corrected chi connectivity index (χ1v) is 9.52. The van der Waals surface area contributed by atoms with Gasteiger partial charge in [-0.05, 0) is 31.2 Å². The summed E-state index contributed by atoms with van der Waals surface area (Å²) in [6, 6.07) is 15.7. The van der Waals surface area contributed by atoms with Gasteiger partial charge in [0.05, 0.1) is 23.8 Å². The fourth-order valence-electron chi connectivity index (χ4n) is 2.50. The summed E-state index contributed by atoms with van der Waals surface area (Å²) in [5, 5.41) is 16.8. The Hall–Kier alpha value is -3.18. The van der Waals surface area contributed by atoms with Gasteiger partial charge in [0, 0.05) is 12.2 Å². The molecule has 0 aliphatic carbocycles. The molecular weight excluding hydrogens is 379 g/mol. The van der Waals surface area contributed by atoms with Crippen LogP contribution in [-0.4, -0.2) is 28.4 Å². The molecule has 1 heterocycles. The van der Waals surface area contributed by atoms with Crippen LogP contribution in [0.5, 0.6) is 0 Å². The zero-order valence-corrected chi connectivity index (χ0v) is 15.9. The number of thioether (sulfide) groups is 1. The van der Waals surface area contributed by atoms with Crippen molar-refractivity contribution in [2.24, 2.45) is 0 Å². The summed E-state index contributed by atoms with van der Waals surface area (Å²) in [6.45, 7) is 2.26. The average Bonchev–Trinajstić information content (AvgIpc) is 3.17. The van der Waals surface area contributed by atoms with Crippen molar-refractivity contribution in [1.82, 2.24) is 10.2 Å². The second-order valence-electron chi connectivity index (χ2n) is 5.93. The van der Waals surface area contributed by atoms with E-state index >= 15 is 0 Å². The fraction of sp³-hybridized carbons (Fsp3) is 0.200. The molecule has 142 valence electrons. The van der Waals surface area contributed by atoms with Crippen molar-refractivity contribution in [3.63, 3.8) is 0 Å². The summed E-state index contributed by atoms with van der Waals surface area (Å²) < 4.78 is 19.3. The summed E-state index contributed by atoms with van der Waals surface area (Å²) >= 11 is 1.07. The molecule has 0 N–H and O–H groups in total. The minimum atomic E-state index is -0.458. The zero-order chi connectivity index (χ0) is 19.9. The number of benzene rings is 2. The molecule has 0 aliphatic heterocycles. The van der Waals surface area contributed by atoms with Crippen LogP contribution in [0.15, 0.2) is 58.2 Å². The number of aryl methyl sites for hydroxylation is 1. The van der Waals surface area contributed by atoms with Crippen LogP contribution < -0.4 is 4.90 Å². The Balaban J connectivity index is 1.68. The average molecular weight is 396 g/mol. The van der Waals surface area contributed by atoms with Gasteiger partial charge in [0.1, 0.15) is 5.82 Å². The second-order valence-corrected chi connectivity index (χ2v) is 6.86. The first kappa shape index (κ1) is 19.6. The van der Waals surface area contributed by atoms with Crippen LogP contribution >= 0.6 is 11.8 Å². The van der Waals surface area contributed by atoms with Crippen LogP contribution in [-0.2, 0) is 4.79 Å². The predicted octanol–water partition coefficient (Wildman–Crippen LogP) is 4.22. The van der Waals surface area contributed by atoms with Gasteiger partial charge in [-0.1, -0.05) is 41.6 Å². The van der Waals surface area contributed by atoms with E-state index in [1.807, 2.05) is 31.2 Å². The Kier molecular flexibility index (Phi) is 6.40. The molecule has 6 nitrogen and oxygen atoms in total. The van der Waals surface area contributed by atoms with Crippen LogP contribution in [0.2, 0.25) is 0 Å². The highest BCUT2D eigenvalue weighted by Crippen LogP contribution is 2.26. The topological polar surface area (TPSA) is 83.0 Å². The quantitative estimate of drug-likeness (QED) is 0.556. The molecule has 1 aromatic heterocycles.